The van der Waals surface area contributed by atoms with Gasteiger partial charge in [-0.2, -0.15) is 0 Å². The van der Waals surface area contributed by atoms with Gasteiger partial charge in [0.25, 0.3) is 0 Å². The molecule has 0 radical (unpaired) electrons. The average Bonchev–Trinajstić information content (AvgIpc) is 2.99. The van der Waals surface area contributed by atoms with Gasteiger partial charge in [-0.05, 0) is 18.9 Å². The molecule has 1 atom stereocenters. The lowest BCUT2D eigenvalue weighted by atomic mass is 10.2. The summed E-state index contributed by atoms with van der Waals surface area (Å²) in [7, 11) is 0. The molecular formula is C15H21FN4O2. The van der Waals surface area contributed by atoms with E-state index in [2.05, 4.69) is 15.2 Å². The Hall–Kier alpha value is -1.73. The summed E-state index contributed by atoms with van der Waals surface area (Å²) in [6.45, 7) is 4.89. The number of likely N-dealkylation sites (tertiary alicyclic amines) is 1. The first-order chi connectivity index (χ1) is 10.7. The van der Waals surface area contributed by atoms with Crippen molar-refractivity contribution < 1.29 is 13.9 Å². The van der Waals surface area contributed by atoms with Crippen LogP contribution in [-0.4, -0.2) is 66.2 Å². The van der Waals surface area contributed by atoms with Gasteiger partial charge < -0.3 is 15.0 Å². The van der Waals surface area contributed by atoms with Gasteiger partial charge >= 0.3 is 6.03 Å². The number of rotatable bonds is 3. The Labute approximate surface area is 129 Å². The molecule has 1 aromatic rings. The molecule has 3 rings (SSSR count). The third-order valence-corrected chi connectivity index (χ3v) is 4.22. The molecule has 1 aromatic heterocycles. The maximum Gasteiger partial charge on any atom is 0.322 e. The number of pyridine rings is 1. The zero-order valence-corrected chi connectivity index (χ0v) is 12.5. The van der Waals surface area contributed by atoms with E-state index in [9.17, 15) is 9.18 Å². The number of ether oxygens (including phenoxy) is 1. The lowest BCUT2D eigenvalue weighted by Gasteiger charge is -2.32. The van der Waals surface area contributed by atoms with E-state index in [-0.39, 0.29) is 17.8 Å². The van der Waals surface area contributed by atoms with Gasteiger partial charge in [-0.1, -0.05) is 0 Å². The van der Waals surface area contributed by atoms with Crippen molar-refractivity contribution in [3.8, 4) is 0 Å². The molecule has 0 aliphatic carbocycles. The highest BCUT2D eigenvalue weighted by atomic mass is 19.1. The molecule has 6 nitrogen and oxygen atoms in total. The Bertz CT molecular complexity index is 522. The van der Waals surface area contributed by atoms with Crippen LogP contribution in [0.25, 0.3) is 0 Å². The molecule has 120 valence electrons. The van der Waals surface area contributed by atoms with Crippen LogP contribution in [0, 0.1) is 5.82 Å². The molecule has 1 N–H and O–H groups in total. The van der Waals surface area contributed by atoms with Gasteiger partial charge in [-0.3, -0.25) is 9.88 Å². The van der Waals surface area contributed by atoms with Gasteiger partial charge in [0.15, 0.2) is 5.82 Å². The Morgan fingerprint density at radius 3 is 3.00 bits per heavy atom. The highest BCUT2D eigenvalue weighted by molar-refractivity contribution is 5.89. The number of anilines is 1. The molecule has 22 heavy (non-hydrogen) atoms. The van der Waals surface area contributed by atoms with Gasteiger partial charge in [0.1, 0.15) is 0 Å². The summed E-state index contributed by atoms with van der Waals surface area (Å²) in [5.41, 5.74) is 0.178. The minimum atomic E-state index is -0.514. The first-order valence-electron chi connectivity index (χ1n) is 7.71. The van der Waals surface area contributed by atoms with E-state index in [1.165, 1.54) is 12.3 Å². The molecule has 2 amide bonds. The number of carbonyl (C=O) groups is 1. The van der Waals surface area contributed by atoms with Crippen LogP contribution in [0.2, 0.25) is 0 Å². The predicted octanol–water partition coefficient (Wildman–Crippen LogP) is 1.55. The Morgan fingerprint density at radius 2 is 2.23 bits per heavy atom. The first-order valence-corrected chi connectivity index (χ1v) is 7.71. The van der Waals surface area contributed by atoms with E-state index in [0.717, 1.165) is 51.9 Å². The van der Waals surface area contributed by atoms with Gasteiger partial charge in [-0.25, -0.2) is 9.18 Å². The molecule has 0 aromatic carbocycles. The van der Waals surface area contributed by atoms with Crippen LogP contribution >= 0.6 is 0 Å². The summed E-state index contributed by atoms with van der Waals surface area (Å²) in [6, 6.07) is 1.42. The second kappa shape index (κ2) is 7.02. The SMILES string of the molecule is O=C(Nc1ccncc1F)N1CCC[C@H]1CN1CCOCC1. The number of amides is 2. The van der Waals surface area contributed by atoms with Crippen molar-refractivity contribution in [2.75, 3.05) is 44.7 Å². The van der Waals surface area contributed by atoms with Gasteiger partial charge in [0, 0.05) is 38.4 Å². The van der Waals surface area contributed by atoms with Crippen LogP contribution in [0.4, 0.5) is 14.9 Å². The number of aromatic nitrogens is 1. The molecular weight excluding hydrogens is 287 g/mol. The normalized spacial score (nSPS) is 22.8. The van der Waals surface area contributed by atoms with E-state index in [4.69, 9.17) is 4.74 Å². The zero-order chi connectivity index (χ0) is 15.4. The number of hydrogen-bond acceptors (Lipinski definition) is 4. The molecule has 2 fully saturated rings. The Morgan fingerprint density at radius 1 is 1.41 bits per heavy atom. The number of carbonyl (C=O) groups excluding carboxylic acids is 1. The van der Waals surface area contributed by atoms with Crippen molar-refractivity contribution >= 4 is 11.7 Å². The van der Waals surface area contributed by atoms with Crippen LogP contribution in [0.1, 0.15) is 12.8 Å². The van der Waals surface area contributed by atoms with Crippen LogP contribution in [0.15, 0.2) is 18.5 Å². The third-order valence-electron chi connectivity index (χ3n) is 4.22. The van der Waals surface area contributed by atoms with E-state index < -0.39 is 5.82 Å². The average molecular weight is 308 g/mol. The minimum Gasteiger partial charge on any atom is -0.379 e. The third kappa shape index (κ3) is 3.53. The van der Waals surface area contributed by atoms with Gasteiger partial charge in [0.2, 0.25) is 0 Å². The Kier molecular flexibility index (Phi) is 4.84. The van der Waals surface area contributed by atoms with Crippen LogP contribution in [0.3, 0.4) is 0 Å². The highest BCUT2D eigenvalue weighted by Gasteiger charge is 2.30. The van der Waals surface area contributed by atoms with E-state index >= 15 is 0 Å². The Balaban J connectivity index is 1.59. The summed E-state index contributed by atoms with van der Waals surface area (Å²) in [6.07, 6.45) is 4.55. The second-order valence-corrected chi connectivity index (χ2v) is 5.69. The van der Waals surface area contributed by atoms with Crippen molar-refractivity contribution in [3.05, 3.63) is 24.3 Å². The van der Waals surface area contributed by atoms with Gasteiger partial charge in [-0.15, -0.1) is 0 Å². The van der Waals surface area contributed by atoms with E-state index in [1.807, 2.05) is 4.90 Å². The van der Waals surface area contributed by atoms with Gasteiger partial charge in [0.05, 0.1) is 25.1 Å². The van der Waals surface area contributed by atoms with E-state index in [1.54, 1.807) is 0 Å². The summed E-state index contributed by atoms with van der Waals surface area (Å²) in [5.74, 6) is -0.514. The molecule has 3 heterocycles. The number of morpholine rings is 1. The molecule has 2 aliphatic rings. The molecule has 7 heteroatoms. The van der Waals surface area contributed by atoms with Crippen molar-refractivity contribution in [2.24, 2.45) is 0 Å². The summed E-state index contributed by atoms with van der Waals surface area (Å²) < 4.78 is 18.9. The first kappa shape index (κ1) is 15.2. The maximum absolute atomic E-state index is 13.6. The number of urea groups is 1. The largest absolute Gasteiger partial charge is 0.379 e. The predicted molar refractivity (Wildman–Crippen MR) is 80.2 cm³/mol. The number of nitrogens with one attached hydrogen (secondary N) is 1. The quantitative estimate of drug-likeness (QED) is 0.920. The molecule has 0 saturated carbocycles. The standard InChI is InChI=1S/C15H21FN4O2/c16-13-10-17-4-3-14(13)18-15(21)20-5-1-2-12(20)11-19-6-8-22-9-7-19/h3-4,10,12H,1-2,5-9,11H2,(H,17,18,21)/t12-/m0/s1. The van der Waals surface area contributed by atoms with Crippen molar-refractivity contribution in [3.63, 3.8) is 0 Å². The number of hydrogen-bond donors (Lipinski definition) is 1. The van der Waals surface area contributed by atoms with Crippen LogP contribution < -0.4 is 5.32 Å². The minimum absolute atomic E-state index is 0.178. The fraction of sp³-hybridized carbons (Fsp3) is 0.600. The number of halogens is 1. The fourth-order valence-electron chi connectivity index (χ4n) is 3.04. The molecule has 2 aliphatic heterocycles. The lowest BCUT2D eigenvalue weighted by molar-refractivity contribution is 0.0296. The zero-order valence-electron chi connectivity index (χ0n) is 12.5. The summed E-state index contributed by atoms with van der Waals surface area (Å²) >= 11 is 0. The van der Waals surface area contributed by atoms with Crippen LogP contribution in [0.5, 0.6) is 0 Å². The molecule has 0 spiro atoms. The number of nitrogens with zero attached hydrogens (tertiary/aromatic N) is 3. The van der Waals surface area contributed by atoms with Crippen molar-refractivity contribution in [2.45, 2.75) is 18.9 Å². The maximum atomic E-state index is 13.6. The van der Waals surface area contributed by atoms with Crippen molar-refractivity contribution in [1.29, 1.82) is 0 Å². The molecule has 2 saturated heterocycles. The van der Waals surface area contributed by atoms with Crippen LogP contribution in [-0.2, 0) is 4.74 Å². The summed E-state index contributed by atoms with van der Waals surface area (Å²) in [4.78, 5) is 20.2. The summed E-state index contributed by atoms with van der Waals surface area (Å²) in [5, 5.41) is 2.65. The lowest BCUT2D eigenvalue weighted by Crippen LogP contribution is -2.47. The second-order valence-electron chi connectivity index (χ2n) is 5.69. The van der Waals surface area contributed by atoms with E-state index in [0.29, 0.717) is 6.54 Å². The fourth-order valence-corrected chi connectivity index (χ4v) is 3.04. The molecule has 0 unspecified atom stereocenters. The topological polar surface area (TPSA) is 57.7 Å². The highest BCUT2D eigenvalue weighted by Crippen LogP contribution is 2.21. The molecule has 0 bridgehead atoms. The smallest absolute Gasteiger partial charge is 0.322 e. The monoisotopic (exact) mass is 308 g/mol. The van der Waals surface area contributed by atoms with Crippen molar-refractivity contribution in [1.82, 2.24) is 14.8 Å².